The highest BCUT2D eigenvalue weighted by molar-refractivity contribution is 5.74. The van der Waals surface area contributed by atoms with Gasteiger partial charge in [-0.25, -0.2) is 4.79 Å². The maximum absolute atomic E-state index is 13.2. The fraction of sp³-hybridized carbons (Fsp3) is 0.672. The Morgan fingerprint density at radius 1 is 0.430 bits per heavy atom. The fourth-order valence-electron chi connectivity index (χ4n) is 8.70. The SMILES string of the molecule is CC/C=C\C/C=C\C/C=C\C/C=C\C/C=C\C/C=C\CCC(=O)OCC(COC1OC(C(=O)O)C(O)C(O)C1OC(=O)CCCCCCCCC/C=C\C/C=C\C/C=C\CC)OC(=O)CCCCCCCCCCCCCCC. The number of aliphatic carboxylic acids is 1. The van der Waals surface area contributed by atoms with Crippen LogP contribution in [0.5, 0.6) is 0 Å². The Balaban J connectivity index is 2.72. The van der Waals surface area contributed by atoms with Crippen LogP contribution in [0.2, 0.25) is 0 Å². The van der Waals surface area contributed by atoms with Gasteiger partial charge in [0.25, 0.3) is 0 Å². The van der Waals surface area contributed by atoms with E-state index in [0.29, 0.717) is 19.3 Å². The first kappa shape index (κ1) is 72.4. The lowest BCUT2D eigenvalue weighted by molar-refractivity contribution is -0.301. The van der Waals surface area contributed by atoms with Gasteiger partial charge in [-0.1, -0.05) is 239 Å². The molecular weight excluding hydrogens is 997 g/mol. The van der Waals surface area contributed by atoms with Gasteiger partial charge in [0.1, 0.15) is 18.8 Å². The molecule has 6 unspecified atom stereocenters. The Hall–Kier alpha value is -4.62. The van der Waals surface area contributed by atoms with Gasteiger partial charge in [0.15, 0.2) is 24.6 Å². The van der Waals surface area contributed by atoms with E-state index in [1.54, 1.807) is 0 Å². The van der Waals surface area contributed by atoms with Crippen molar-refractivity contribution in [3.8, 4) is 0 Å². The molecule has 0 aromatic carbocycles. The van der Waals surface area contributed by atoms with E-state index in [0.717, 1.165) is 122 Å². The van der Waals surface area contributed by atoms with E-state index in [1.165, 1.54) is 57.8 Å². The third-order valence-corrected chi connectivity index (χ3v) is 13.4. The maximum atomic E-state index is 13.2. The normalized spacial score (nSPS) is 18.6. The topological polar surface area (TPSA) is 175 Å². The Morgan fingerprint density at radius 3 is 1.27 bits per heavy atom. The molecular formula is C67H108O12. The summed E-state index contributed by atoms with van der Waals surface area (Å²) in [6.07, 6.45) is 60.6. The number of ether oxygens (including phenoxy) is 5. The van der Waals surface area contributed by atoms with Crippen molar-refractivity contribution in [1.29, 1.82) is 0 Å². The van der Waals surface area contributed by atoms with E-state index in [9.17, 15) is 34.5 Å². The number of rotatable bonds is 51. The number of carboxylic acid groups (broad SMARTS) is 1. The number of esters is 3. The van der Waals surface area contributed by atoms with E-state index >= 15 is 0 Å². The van der Waals surface area contributed by atoms with Crippen LogP contribution in [0.3, 0.4) is 0 Å². The second-order valence-electron chi connectivity index (χ2n) is 20.6. The second kappa shape index (κ2) is 54.0. The van der Waals surface area contributed by atoms with E-state index in [1.807, 2.05) is 12.2 Å². The van der Waals surface area contributed by atoms with Crippen molar-refractivity contribution in [2.75, 3.05) is 13.2 Å². The van der Waals surface area contributed by atoms with Gasteiger partial charge in [-0.2, -0.15) is 0 Å². The molecule has 1 saturated heterocycles. The molecule has 3 N–H and O–H groups in total. The summed E-state index contributed by atoms with van der Waals surface area (Å²) >= 11 is 0. The number of aliphatic hydroxyl groups excluding tert-OH is 2. The number of carbonyl (C=O) groups is 4. The van der Waals surface area contributed by atoms with Crippen LogP contribution < -0.4 is 0 Å². The zero-order valence-electron chi connectivity index (χ0n) is 49.3. The van der Waals surface area contributed by atoms with Crippen LogP contribution in [0.1, 0.15) is 239 Å². The Labute approximate surface area is 478 Å². The van der Waals surface area contributed by atoms with Crippen molar-refractivity contribution in [3.63, 3.8) is 0 Å². The number of carbonyl (C=O) groups excluding carboxylic acids is 3. The first-order valence-electron chi connectivity index (χ1n) is 30.9. The Bertz CT molecular complexity index is 1790. The van der Waals surface area contributed by atoms with E-state index < -0.39 is 67.3 Å². The molecule has 448 valence electrons. The number of aliphatic hydroxyl groups is 2. The lowest BCUT2D eigenvalue weighted by Gasteiger charge is -2.40. The lowest BCUT2D eigenvalue weighted by atomic mass is 9.98. The average Bonchev–Trinajstić information content (AvgIpc) is 3.47. The van der Waals surface area contributed by atoms with Gasteiger partial charge in [0.2, 0.25) is 0 Å². The van der Waals surface area contributed by atoms with E-state index in [2.05, 4.69) is 118 Å². The lowest BCUT2D eigenvalue weighted by Crippen LogP contribution is -2.61. The summed E-state index contributed by atoms with van der Waals surface area (Å²) in [7, 11) is 0. The van der Waals surface area contributed by atoms with Crippen LogP contribution in [-0.2, 0) is 42.9 Å². The van der Waals surface area contributed by atoms with Crippen LogP contribution >= 0.6 is 0 Å². The molecule has 0 aromatic heterocycles. The minimum Gasteiger partial charge on any atom is -0.479 e. The third kappa shape index (κ3) is 43.8. The Morgan fingerprint density at radius 2 is 0.823 bits per heavy atom. The molecule has 0 saturated carbocycles. The summed E-state index contributed by atoms with van der Waals surface area (Å²) < 4.78 is 28.4. The largest absolute Gasteiger partial charge is 0.479 e. The number of carboxylic acids is 1. The van der Waals surface area contributed by atoms with Crippen LogP contribution in [0.25, 0.3) is 0 Å². The predicted molar refractivity (Wildman–Crippen MR) is 321 cm³/mol. The molecule has 12 heteroatoms. The van der Waals surface area contributed by atoms with Crippen molar-refractivity contribution in [1.82, 2.24) is 0 Å². The van der Waals surface area contributed by atoms with Crippen LogP contribution in [0.4, 0.5) is 0 Å². The van der Waals surface area contributed by atoms with Crippen LogP contribution in [0, 0.1) is 0 Å². The highest BCUT2D eigenvalue weighted by Gasteiger charge is 2.50. The second-order valence-corrected chi connectivity index (χ2v) is 20.6. The summed E-state index contributed by atoms with van der Waals surface area (Å²) in [5, 5.41) is 31.5. The van der Waals surface area contributed by atoms with Crippen molar-refractivity contribution in [3.05, 3.63) is 109 Å². The summed E-state index contributed by atoms with van der Waals surface area (Å²) in [4.78, 5) is 51.2. The summed E-state index contributed by atoms with van der Waals surface area (Å²) in [5.74, 6) is -3.25. The molecule has 1 aliphatic heterocycles. The molecule has 0 spiro atoms. The maximum Gasteiger partial charge on any atom is 0.335 e. The highest BCUT2D eigenvalue weighted by Crippen LogP contribution is 2.26. The molecule has 0 radical (unpaired) electrons. The van der Waals surface area contributed by atoms with E-state index in [4.69, 9.17) is 23.7 Å². The quantitative estimate of drug-likeness (QED) is 0.0228. The Kier molecular flexibility index (Phi) is 49.5. The van der Waals surface area contributed by atoms with E-state index in [-0.39, 0.29) is 25.9 Å². The van der Waals surface area contributed by atoms with Gasteiger partial charge in [-0.15, -0.1) is 0 Å². The molecule has 6 atom stereocenters. The number of hydrogen-bond donors (Lipinski definition) is 3. The molecule has 0 aromatic rings. The first-order valence-corrected chi connectivity index (χ1v) is 30.9. The van der Waals surface area contributed by atoms with Crippen molar-refractivity contribution < 1.29 is 58.2 Å². The van der Waals surface area contributed by atoms with Gasteiger partial charge >= 0.3 is 23.9 Å². The minimum absolute atomic E-state index is 0.0382. The third-order valence-electron chi connectivity index (χ3n) is 13.4. The first-order chi connectivity index (χ1) is 38.6. The number of unbranched alkanes of at least 4 members (excludes halogenated alkanes) is 19. The van der Waals surface area contributed by atoms with Gasteiger partial charge < -0.3 is 39.0 Å². The molecule has 0 amide bonds. The molecule has 0 aliphatic carbocycles. The zero-order valence-corrected chi connectivity index (χ0v) is 49.3. The molecule has 1 heterocycles. The van der Waals surface area contributed by atoms with Gasteiger partial charge in [0, 0.05) is 19.3 Å². The molecule has 1 rings (SSSR count). The zero-order chi connectivity index (χ0) is 57.5. The van der Waals surface area contributed by atoms with Crippen molar-refractivity contribution >= 4 is 23.9 Å². The highest BCUT2D eigenvalue weighted by atomic mass is 16.7. The molecule has 1 fully saturated rings. The summed E-state index contributed by atoms with van der Waals surface area (Å²) in [6.45, 7) is 5.70. The molecule has 79 heavy (non-hydrogen) atoms. The summed E-state index contributed by atoms with van der Waals surface area (Å²) in [5.41, 5.74) is 0. The van der Waals surface area contributed by atoms with Crippen LogP contribution in [0.15, 0.2) is 109 Å². The monoisotopic (exact) mass is 1100 g/mol. The van der Waals surface area contributed by atoms with Gasteiger partial charge in [-0.3, -0.25) is 14.4 Å². The van der Waals surface area contributed by atoms with Crippen molar-refractivity contribution in [2.45, 2.75) is 276 Å². The number of allylic oxidation sites excluding steroid dienone is 18. The minimum atomic E-state index is -1.92. The molecule has 1 aliphatic rings. The standard InChI is InChI=1S/C67H108O12/c1-4-7-10-13-16-19-22-25-27-29-30-32-33-36-38-41-44-47-50-53-59(68)75-56-58(77-60(69)54-51-48-45-42-39-35-24-21-18-15-12-9-6-3)57-76-67-65(63(72)62(71)64(79-67)66(73)74)78-61(70)55-52-49-46-43-40-37-34-31-28-26-23-20-17-14-11-8-5-2/h7-8,10-11,16-17,19-20,25-28,30,32,36,38,44,47,58,62-65,67,71-72H,4-6,9,12-15,18,21-24,29,31,33-35,37,39-43,45-46,48-57H2,1-3H3,(H,73,74)/b10-7-,11-8-,19-16-,20-17-,27-25-,28-26-,32-30-,38-36-,47-44-. The average molecular weight is 1110 g/mol. The number of hydrogen-bond acceptors (Lipinski definition) is 11. The van der Waals surface area contributed by atoms with Crippen LogP contribution in [-0.4, -0.2) is 89.2 Å². The smallest absolute Gasteiger partial charge is 0.335 e. The predicted octanol–water partition coefficient (Wildman–Crippen LogP) is 16.2. The molecule has 12 nitrogen and oxygen atoms in total. The molecule has 0 bridgehead atoms. The van der Waals surface area contributed by atoms with Gasteiger partial charge in [-0.05, 0) is 89.9 Å². The fourth-order valence-corrected chi connectivity index (χ4v) is 8.70. The summed E-state index contributed by atoms with van der Waals surface area (Å²) in [6, 6.07) is 0. The van der Waals surface area contributed by atoms with Crippen molar-refractivity contribution in [2.24, 2.45) is 0 Å². The van der Waals surface area contributed by atoms with Gasteiger partial charge in [0.05, 0.1) is 6.61 Å².